The maximum absolute atomic E-state index is 9.16. The van der Waals surface area contributed by atoms with Crippen LogP contribution in [0.4, 0.5) is 5.82 Å². The van der Waals surface area contributed by atoms with Gasteiger partial charge in [0, 0.05) is 34.6 Å². The fourth-order valence-electron chi connectivity index (χ4n) is 3.35. The quantitative estimate of drug-likeness (QED) is 0.725. The normalized spacial score (nSPS) is 18.2. The highest BCUT2D eigenvalue weighted by molar-refractivity contribution is 7.18. The van der Waals surface area contributed by atoms with Crippen molar-refractivity contribution in [1.82, 2.24) is 9.88 Å². The van der Waals surface area contributed by atoms with E-state index in [1.54, 1.807) is 11.3 Å². The Hall–Kier alpha value is -2.16. The number of hydrogen-bond acceptors (Lipinski definition) is 5. The van der Waals surface area contributed by atoms with E-state index < -0.39 is 0 Å². The first kappa shape index (κ1) is 14.4. The summed E-state index contributed by atoms with van der Waals surface area (Å²) in [6, 6.07) is 10.8. The summed E-state index contributed by atoms with van der Waals surface area (Å²) in [6.07, 6.45) is 1.16. The predicted octanol–water partition coefficient (Wildman–Crippen LogP) is 3.46. The molecular weight excluding hydrogens is 304 g/mol. The second kappa shape index (κ2) is 5.48. The second-order valence-corrected chi connectivity index (χ2v) is 7.21. The van der Waals surface area contributed by atoms with Crippen LogP contribution in [-0.2, 0) is 0 Å². The Kier molecular flexibility index (Phi) is 3.44. The minimum absolute atomic E-state index is 0.576. The summed E-state index contributed by atoms with van der Waals surface area (Å²) in [4.78, 5) is 9.60. The third-order valence-electron chi connectivity index (χ3n) is 4.70. The standard InChI is InChI=1S/C18H18N4S/c1-21(2)13-5-7-22(11-13)18-15-6-8-23-17(15)14-4-3-12(10-19)9-16(14)20-18/h3-4,6,8-9,13H,5,7,11H2,1-2H3. The molecule has 0 radical (unpaired) electrons. The number of aromatic nitrogens is 1. The molecule has 1 unspecified atom stereocenters. The first-order valence-electron chi connectivity index (χ1n) is 7.80. The molecule has 5 heteroatoms. The summed E-state index contributed by atoms with van der Waals surface area (Å²) in [5, 5.41) is 13.7. The zero-order valence-electron chi connectivity index (χ0n) is 13.3. The number of anilines is 1. The number of likely N-dealkylation sites (N-methyl/N-ethyl adjacent to an activating group) is 1. The van der Waals surface area contributed by atoms with Gasteiger partial charge in [-0.25, -0.2) is 4.98 Å². The molecular formula is C18H18N4S. The molecule has 1 aliphatic heterocycles. The average Bonchev–Trinajstić information content (AvgIpc) is 3.23. The van der Waals surface area contributed by atoms with E-state index in [1.165, 1.54) is 10.1 Å². The molecule has 0 bridgehead atoms. The largest absolute Gasteiger partial charge is 0.354 e. The van der Waals surface area contributed by atoms with Crippen molar-refractivity contribution in [3.63, 3.8) is 0 Å². The van der Waals surface area contributed by atoms with Crippen molar-refractivity contribution in [2.24, 2.45) is 0 Å². The third kappa shape index (κ3) is 2.35. The first-order chi connectivity index (χ1) is 11.2. The van der Waals surface area contributed by atoms with Crippen molar-refractivity contribution < 1.29 is 0 Å². The van der Waals surface area contributed by atoms with Crippen molar-refractivity contribution in [3.05, 3.63) is 35.2 Å². The molecule has 2 aromatic heterocycles. The Bertz CT molecular complexity index is 922. The minimum atomic E-state index is 0.576. The molecule has 0 N–H and O–H groups in total. The fourth-order valence-corrected chi connectivity index (χ4v) is 4.28. The van der Waals surface area contributed by atoms with E-state index in [4.69, 9.17) is 10.2 Å². The van der Waals surface area contributed by atoms with Crippen molar-refractivity contribution in [1.29, 1.82) is 5.26 Å². The van der Waals surface area contributed by atoms with Gasteiger partial charge in [-0.1, -0.05) is 6.07 Å². The number of fused-ring (bicyclic) bond motifs is 3. The van der Waals surface area contributed by atoms with Crippen LogP contribution in [0, 0.1) is 11.3 Å². The summed E-state index contributed by atoms with van der Waals surface area (Å²) in [5.74, 6) is 1.06. The van der Waals surface area contributed by atoms with Crippen LogP contribution in [-0.4, -0.2) is 43.1 Å². The Morgan fingerprint density at radius 3 is 2.91 bits per heavy atom. The lowest BCUT2D eigenvalue weighted by molar-refractivity contribution is 0.315. The summed E-state index contributed by atoms with van der Waals surface area (Å²) in [6.45, 7) is 2.04. The van der Waals surface area contributed by atoms with Gasteiger partial charge in [0.25, 0.3) is 0 Å². The Morgan fingerprint density at radius 2 is 2.17 bits per heavy atom. The molecule has 0 saturated carbocycles. The molecule has 3 heterocycles. The highest BCUT2D eigenvalue weighted by atomic mass is 32.1. The Labute approximate surface area is 139 Å². The predicted molar refractivity (Wildman–Crippen MR) is 96.1 cm³/mol. The van der Waals surface area contributed by atoms with Gasteiger partial charge in [-0.05, 0) is 44.1 Å². The van der Waals surface area contributed by atoms with Crippen LogP contribution in [0.2, 0.25) is 0 Å². The number of hydrogen-bond donors (Lipinski definition) is 0. The lowest BCUT2D eigenvalue weighted by Crippen LogP contribution is -2.31. The smallest absolute Gasteiger partial charge is 0.138 e. The number of thiophene rings is 1. The van der Waals surface area contributed by atoms with E-state index in [1.807, 2.05) is 18.2 Å². The first-order valence-corrected chi connectivity index (χ1v) is 8.68. The van der Waals surface area contributed by atoms with E-state index in [9.17, 15) is 0 Å². The van der Waals surface area contributed by atoms with Gasteiger partial charge in [-0.3, -0.25) is 0 Å². The molecule has 1 aromatic carbocycles. The van der Waals surface area contributed by atoms with Crippen LogP contribution in [0.15, 0.2) is 29.6 Å². The SMILES string of the molecule is CN(C)C1CCN(c2nc3cc(C#N)ccc3c3sccc23)C1. The Balaban J connectivity index is 1.88. The van der Waals surface area contributed by atoms with E-state index in [0.717, 1.165) is 36.2 Å². The molecule has 1 fully saturated rings. The second-order valence-electron chi connectivity index (χ2n) is 6.29. The van der Waals surface area contributed by atoms with E-state index in [2.05, 4.69) is 41.4 Å². The Morgan fingerprint density at radius 1 is 1.30 bits per heavy atom. The van der Waals surface area contributed by atoms with Gasteiger partial charge in [0.05, 0.1) is 17.1 Å². The summed E-state index contributed by atoms with van der Waals surface area (Å²) in [5.41, 5.74) is 1.58. The van der Waals surface area contributed by atoms with Crippen molar-refractivity contribution in [3.8, 4) is 6.07 Å². The molecule has 116 valence electrons. The molecule has 0 aliphatic carbocycles. The topological polar surface area (TPSA) is 43.2 Å². The van der Waals surface area contributed by atoms with Gasteiger partial charge in [-0.15, -0.1) is 11.3 Å². The van der Waals surface area contributed by atoms with Gasteiger partial charge in [0.15, 0.2) is 0 Å². The number of nitrogens with zero attached hydrogens (tertiary/aromatic N) is 4. The minimum Gasteiger partial charge on any atom is -0.354 e. The van der Waals surface area contributed by atoms with Crippen LogP contribution in [0.25, 0.3) is 21.0 Å². The van der Waals surface area contributed by atoms with Gasteiger partial charge in [0.2, 0.25) is 0 Å². The van der Waals surface area contributed by atoms with E-state index >= 15 is 0 Å². The zero-order valence-corrected chi connectivity index (χ0v) is 14.1. The van der Waals surface area contributed by atoms with Crippen LogP contribution >= 0.6 is 11.3 Å². The highest BCUT2D eigenvalue weighted by Gasteiger charge is 2.26. The molecule has 4 rings (SSSR count). The maximum Gasteiger partial charge on any atom is 0.138 e. The summed E-state index contributed by atoms with van der Waals surface area (Å²) < 4.78 is 1.27. The number of rotatable bonds is 2. The van der Waals surface area contributed by atoms with E-state index in [-0.39, 0.29) is 0 Å². The van der Waals surface area contributed by atoms with Crippen LogP contribution in [0.3, 0.4) is 0 Å². The highest BCUT2D eigenvalue weighted by Crippen LogP contribution is 2.36. The molecule has 1 atom stereocenters. The van der Waals surface area contributed by atoms with Gasteiger partial charge in [0.1, 0.15) is 5.82 Å². The van der Waals surface area contributed by atoms with Gasteiger partial charge >= 0.3 is 0 Å². The summed E-state index contributed by atoms with van der Waals surface area (Å²) in [7, 11) is 4.28. The van der Waals surface area contributed by atoms with Crippen molar-refractivity contribution >= 4 is 38.1 Å². The lowest BCUT2D eigenvalue weighted by atomic mass is 10.1. The van der Waals surface area contributed by atoms with Crippen molar-refractivity contribution in [2.75, 3.05) is 32.1 Å². The fraction of sp³-hybridized carbons (Fsp3) is 0.333. The molecule has 1 saturated heterocycles. The van der Waals surface area contributed by atoms with Gasteiger partial charge in [-0.2, -0.15) is 5.26 Å². The number of benzene rings is 1. The summed E-state index contributed by atoms with van der Waals surface area (Å²) >= 11 is 1.75. The molecule has 23 heavy (non-hydrogen) atoms. The molecule has 3 aromatic rings. The number of pyridine rings is 1. The molecule has 0 spiro atoms. The number of nitriles is 1. The molecule has 0 amide bonds. The monoisotopic (exact) mass is 322 g/mol. The van der Waals surface area contributed by atoms with Crippen LogP contribution in [0.1, 0.15) is 12.0 Å². The lowest BCUT2D eigenvalue weighted by Gasteiger charge is -2.22. The molecule has 4 nitrogen and oxygen atoms in total. The van der Waals surface area contributed by atoms with Crippen molar-refractivity contribution in [2.45, 2.75) is 12.5 Å². The third-order valence-corrected chi connectivity index (χ3v) is 5.64. The zero-order chi connectivity index (χ0) is 16.0. The molecule has 1 aliphatic rings. The van der Waals surface area contributed by atoms with Gasteiger partial charge < -0.3 is 9.80 Å². The maximum atomic E-state index is 9.16. The van der Waals surface area contributed by atoms with Crippen LogP contribution < -0.4 is 4.90 Å². The van der Waals surface area contributed by atoms with E-state index in [0.29, 0.717) is 11.6 Å². The van der Waals surface area contributed by atoms with Crippen LogP contribution in [0.5, 0.6) is 0 Å². The average molecular weight is 322 g/mol.